The van der Waals surface area contributed by atoms with Gasteiger partial charge in [-0.1, -0.05) is 12.8 Å². The smallest absolute Gasteiger partial charge is 0.294 e. The molecule has 0 saturated carbocycles. The number of rotatable bonds is 7. The molecule has 3 rings (SSSR count). The normalized spacial score (nSPS) is 10.9. The number of nitrogens with one attached hydrogen (secondary N) is 1. The molecule has 3 heterocycles. The Bertz CT molecular complexity index is 959. The third kappa shape index (κ3) is 3.63. The van der Waals surface area contributed by atoms with Crippen LogP contribution in [0.25, 0.3) is 22.3 Å². The van der Waals surface area contributed by atoms with Gasteiger partial charge in [0.2, 0.25) is 11.7 Å². The van der Waals surface area contributed by atoms with Crippen molar-refractivity contribution in [3.63, 3.8) is 0 Å². The molecule has 0 bridgehead atoms. The summed E-state index contributed by atoms with van der Waals surface area (Å²) in [6, 6.07) is 5.44. The molecule has 8 nitrogen and oxygen atoms in total. The van der Waals surface area contributed by atoms with Crippen LogP contribution in [0.5, 0.6) is 5.88 Å². The van der Waals surface area contributed by atoms with E-state index in [1.807, 2.05) is 19.1 Å². The summed E-state index contributed by atoms with van der Waals surface area (Å²) in [6.45, 7) is 3.31. The van der Waals surface area contributed by atoms with Crippen molar-refractivity contribution in [1.29, 1.82) is 0 Å². The Morgan fingerprint density at radius 1 is 1.27 bits per heavy atom. The van der Waals surface area contributed by atoms with Crippen molar-refractivity contribution in [2.75, 3.05) is 25.0 Å². The minimum atomic E-state index is -0.266. The molecule has 136 valence electrons. The highest BCUT2D eigenvalue weighted by Crippen LogP contribution is 2.22. The molecular formula is C17H19N5O3S. The van der Waals surface area contributed by atoms with Gasteiger partial charge in [-0.15, -0.1) is 0 Å². The zero-order chi connectivity index (χ0) is 18.5. The Labute approximate surface area is 155 Å². The lowest BCUT2D eigenvalue weighted by Crippen LogP contribution is -2.25. The number of anilines is 1. The molecule has 3 aromatic rings. The van der Waals surface area contributed by atoms with Crippen LogP contribution in [-0.2, 0) is 11.3 Å². The predicted molar refractivity (Wildman–Crippen MR) is 103 cm³/mol. The molecule has 0 radical (unpaired) electrons. The summed E-state index contributed by atoms with van der Waals surface area (Å²) < 4.78 is 14.6. The highest BCUT2D eigenvalue weighted by atomic mass is 32.1. The van der Waals surface area contributed by atoms with Crippen molar-refractivity contribution >= 4 is 29.7 Å². The van der Waals surface area contributed by atoms with Gasteiger partial charge in [0.25, 0.3) is 5.56 Å². The Hall–Kier alpha value is -2.65. The van der Waals surface area contributed by atoms with Crippen molar-refractivity contribution in [3.05, 3.63) is 40.9 Å². The number of pyridine rings is 2. The highest BCUT2D eigenvalue weighted by Gasteiger charge is 2.12. The first-order chi connectivity index (χ1) is 12.7. The van der Waals surface area contributed by atoms with Crippen LogP contribution in [0.2, 0.25) is 0 Å². The van der Waals surface area contributed by atoms with Gasteiger partial charge in [-0.05, 0) is 19.1 Å². The van der Waals surface area contributed by atoms with Crippen LogP contribution < -0.4 is 15.0 Å². The van der Waals surface area contributed by atoms with Crippen LogP contribution in [-0.4, -0.2) is 39.8 Å². The van der Waals surface area contributed by atoms with Gasteiger partial charge in [0.15, 0.2) is 0 Å². The Morgan fingerprint density at radius 3 is 2.77 bits per heavy atom. The summed E-state index contributed by atoms with van der Waals surface area (Å²) in [5, 5.41) is 0. The topological polar surface area (TPSA) is 91.2 Å². The van der Waals surface area contributed by atoms with E-state index in [1.54, 1.807) is 30.1 Å². The lowest BCUT2D eigenvalue weighted by molar-refractivity contribution is 0.139. The van der Waals surface area contributed by atoms with E-state index in [-0.39, 0.29) is 11.4 Å². The highest BCUT2D eigenvalue weighted by molar-refractivity contribution is 7.81. The first-order valence-electron chi connectivity index (χ1n) is 8.06. The van der Waals surface area contributed by atoms with Gasteiger partial charge < -0.3 is 18.8 Å². The fraction of sp³-hybridized carbons (Fsp3) is 0.294. The summed E-state index contributed by atoms with van der Waals surface area (Å²) in [6.07, 6.45) is 3.30. The predicted octanol–water partition coefficient (Wildman–Crippen LogP) is 2.16. The Balaban J connectivity index is 2.11. The molecule has 3 aromatic heterocycles. The van der Waals surface area contributed by atoms with Gasteiger partial charge in [-0.2, -0.15) is 0 Å². The van der Waals surface area contributed by atoms with Crippen LogP contribution in [0.1, 0.15) is 6.92 Å². The minimum Gasteiger partial charge on any atom is -0.481 e. The number of methoxy groups -OCH3 is 1. The monoisotopic (exact) mass is 373 g/mol. The maximum Gasteiger partial charge on any atom is 0.294 e. The van der Waals surface area contributed by atoms with Crippen LogP contribution in [0.4, 0.5) is 5.82 Å². The van der Waals surface area contributed by atoms with E-state index in [2.05, 4.69) is 32.5 Å². The molecule has 1 N–H and O–H groups in total. The van der Waals surface area contributed by atoms with Crippen LogP contribution in [0.3, 0.4) is 0 Å². The van der Waals surface area contributed by atoms with E-state index in [4.69, 9.17) is 9.47 Å². The molecule has 9 heteroatoms. The second kappa shape index (κ2) is 8.15. The summed E-state index contributed by atoms with van der Waals surface area (Å²) in [5.41, 5.74) is 2.49. The van der Waals surface area contributed by atoms with Crippen molar-refractivity contribution in [2.45, 2.75) is 13.5 Å². The first-order valence-corrected chi connectivity index (χ1v) is 8.51. The zero-order valence-corrected chi connectivity index (χ0v) is 15.4. The number of thiol groups is 1. The van der Waals surface area contributed by atoms with E-state index in [0.29, 0.717) is 42.4 Å². The number of hydrogen-bond acceptors (Lipinski definition) is 8. The van der Waals surface area contributed by atoms with E-state index in [1.165, 1.54) is 0 Å². The fourth-order valence-corrected chi connectivity index (χ4v) is 2.70. The molecule has 0 fully saturated rings. The van der Waals surface area contributed by atoms with Crippen LogP contribution >= 0.6 is 12.8 Å². The first kappa shape index (κ1) is 18.2. The van der Waals surface area contributed by atoms with Crippen LogP contribution in [0, 0.1) is 0 Å². The molecule has 0 amide bonds. The third-order valence-corrected chi connectivity index (χ3v) is 4.05. The maximum atomic E-state index is 12.6. The SMILES string of the molecule is CCOCCn1c(=O)c(NS)nc2cnc(-c3ccc(OC)nc3)cc21. The lowest BCUT2D eigenvalue weighted by atomic mass is 10.2. The van der Waals surface area contributed by atoms with Crippen molar-refractivity contribution < 1.29 is 9.47 Å². The molecule has 0 aliphatic rings. The van der Waals surface area contributed by atoms with E-state index >= 15 is 0 Å². The van der Waals surface area contributed by atoms with Crippen molar-refractivity contribution in [3.8, 4) is 17.1 Å². The quantitative estimate of drug-likeness (QED) is 0.484. The fourth-order valence-electron chi connectivity index (χ4n) is 2.55. The largest absolute Gasteiger partial charge is 0.481 e. The number of ether oxygens (including phenoxy) is 2. The molecule has 0 unspecified atom stereocenters. The number of fused-ring (bicyclic) bond motifs is 1. The summed E-state index contributed by atoms with van der Waals surface area (Å²) in [4.78, 5) is 25.5. The molecule has 26 heavy (non-hydrogen) atoms. The Morgan fingerprint density at radius 2 is 2.12 bits per heavy atom. The van der Waals surface area contributed by atoms with Gasteiger partial charge in [-0.3, -0.25) is 9.78 Å². The molecule has 0 aromatic carbocycles. The maximum absolute atomic E-state index is 12.6. The van der Waals surface area contributed by atoms with Gasteiger partial charge in [0, 0.05) is 31.0 Å². The second-order valence-corrected chi connectivity index (χ2v) is 5.60. The lowest BCUT2D eigenvalue weighted by Gasteiger charge is -2.12. The number of hydrogen-bond donors (Lipinski definition) is 2. The molecule has 0 spiro atoms. The minimum absolute atomic E-state index is 0.151. The molecule has 0 aliphatic heterocycles. The van der Waals surface area contributed by atoms with Gasteiger partial charge in [0.1, 0.15) is 5.52 Å². The molecule has 0 saturated heterocycles. The standard InChI is InChI=1S/C17H19N5O3S/c1-3-25-7-6-22-14-8-12(11-4-5-15(24-2)19-9-11)18-10-13(14)20-16(21-26)17(22)23/h4-5,8-10,26H,3,6-7H2,1-2H3,(H,20,21). The average Bonchev–Trinajstić information content (AvgIpc) is 2.69. The molecule has 0 atom stereocenters. The zero-order valence-electron chi connectivity index (χ0n) is 14.5. The number of nitrogens with zero attached hydrogens (tertiary/aromatic N) is 4. The van der Waals surface area contributed by atoms with E-state index < -0.39 is 0 Å². The summed E-state index contributed by atoms with van der Waals surface area (Å²) in [7, 11) is 1.56. The van der Waals surface area contributed by atoms with Gasteiger partial charge in [-0.25, -0.2) is 9.97 Å². The van der Waals surface area contributed by atoms with Gasteiger partial charge >= 0.3 is 0 Å². The molecule has 0 aliphatic carbocycles. The van der Waals surface area contributed by atoms with Crippen LogP contribution in [0.15, 0.2) is 35.4 Å². The average molecular weight is 373 g/mol. The second-order valence-electron chi connectivity index (χ2n) is 5.37. The van der Waals surface area contributed by atoms with Crippen molar-refractivity contribution in [2.24, 2.45) is 0 Å². The van der Waals surface area contributed by atoms with E-state index in [9.17, 15) is 4.79 Å². The summed E-state index contributed by atoms with van der Waals surface area (Å²) in [5.74, 6) is 0.673. The van der Waals surface area contributed by atoms with Gasteiger partial charge in [0.05, 0.1) is 31.1 Å². The third-order valence-electron chi connectivity index (χ3n) is 3.84. The van der Waals surface area contributed by atoms with Crippen molar-refractivity contribution in [1.82, 2.24) is 19.5 Å². The summed E-state index contributed by atoms with van der Waals surface area (Å²) >= 11 is 3.96. The Kier molecular flexibility index (Phi) is 5.69. The number of aromatic nitrogens is 4. The van der Waals surface area contributed by atoms with E-state index in [0.717, 1.165) is 5.56 Å². The molecular weight excluding hydrogens is 354 g/mol.